The summed E-state index contributed by atoms with van der Waals surface area (Å²) in [5, 5.41) is 3.86. The van der Waals surface area contributed by atoms with Gasteiger partial charge < -0.3 is 4.98 Å². The summed E-state index contributed by atoms with van der Waals surface area (Å²) >= 11 is 5.81. The van der Waals surface area contributed by atoms with Crippen LogP contribution in [0, 0.1) is 0 Å². The molecule has 2 heterocycles. The first kappa shape index (κ1) is 18.5. The summed E-state index contributed by atoms with van der Waals surface area (Å²) in [6.45, 7) is 0. The molecule has 0 aliphatic rings. The van der Waals surface area contributed by atoms with Crippen molar-refractivity contribution < 1.29 is 22.8 Å². The number of hydrazine groups is 1. The van der Waals surface area contributed by atoms with Crippen LogP contribution in [0.3, 0.4) is 0 Å². The number of nitrogens with one attached hydrogen (secondary N) is 3. The van der Waals surface area contributed by atoms with Crippen molar-refractivity contribution in [3.05, 3.63) is 70.8 Å². The maximum atomic E-state index is 13.5. The smallest absolute Gasteiger partial charge is 0.357 e. The van der Waals surface area contributed by atoms with Crippen molar-refractivity contribution in [1.29, 1.82) is 0 Å². The number of aromatic nitrogens is 3. The predicted octanol–water partition coefficient (Wildman–Crippen LogP) is 2.95. The Balaban J connectivity index is 1.89. The highest BCUT2D eigenvalue weighted by Gasteiger charge is 2.40. The van der Waals surface area contributed by atoms with Crippen molar-refractivity contribution >= 4 is 23.4 Å². The Morgan fingerprint density at radius 3 is 2.48 bits per heavy atom. The largest absolute Gasteiger partial charge is 0.434 e. The van der Waals surface area contributed by atoms with Gasteiger partial charge in [-0.2, -0.15) is 18.3 Å². The fourth-order valence-electron chi connectivity index (χ4n) is 2.31. The highest BCUT2D eigenvalue weighted by molar-refractivity contribution is 6.30. The van der Waals surface area contributed by atoms with Crippen LogP contribution in [0.4, 0.5) is 13.2 Å². The van der Waals surface area contributed by atoms with Crippen LogP contribution < -0.4 is 10.9 Å². The molecule has 0 saturated carbocycles. The van der Waals surface area contributed by atoms with Gasteiger partial charge in [0.1, 0.15) is 5.69 Å². The molecule has 0 aliphatic carbocycles. The zero-order chi connectivity index (χ0) is 19.6. The molecule has 3 rings (SSSR count). The normalized spacial score (nSPS) is 11.3. The van der Waals surface area contributed by atoms with Crippen LogP contribution in [-0.2, 0) is 6.18 Å². The summed E-state index contributed by atoms with van der Waals surface area (Å²) in [6, 6.07) is 8.57. The number of benzene rings is 1. The Bertz CT molecular complexity index is 982. The zero-order valence-electron chi connectivity index (χ0n) is 13.3. The van der Waals surface area contributed by atoms with E-state index in [1.165, 1.54) is 36.5 Å². The Morgan fingerprint density at radius 1 is 1.11 bits per heavy atom. The number of aromatic amines is 1. The summed E-state index contributed by atoms with van der Waals surface area (Å²) in [6.07, 6.45) is -2.64. The van der Waals surface area contributed by atoms with E-state index in [9.17, 15) is 22.8 Å². The predicted molar refractivity (Wildman–Crippen MR) is 89.3 cm³/mol. The molecule has 0 aliphatic heterocycles. The second-order valence-electron chi connectivity index (χ2n) is 5.29. The van der Waals surface area contributed by atoms with Gasteiger partial charge >= 0.3 is 6.18 Å². The second-order valence-corrected chi connectivity index (χ2v) is 5.72. The van der Waals surface area contributed by atoms with E-state index in [4.69, 9.17) is 11.6 Å². The third-order valence-corrected chi connectivity index (χ3v) is 3.70. The molecule has 0 radical (unpaired) electrons. The highest BCUT2D eigenvalue weighted by atomic mass is 35.5. The van der Waals surface area contributed by atoms with Crippen LogP contribution in [0.15, 0.2) is 48.8 Å². The SMILES string of the molecule is O=C(NNC(=O)c1cnn(-c2cccc(Cl)c2)c1C(F)(F)F)c1ccc[nH]1. The number of rotatable bonds is 3. The van der Waals surface area contributed by atoms with Gasteiger partial charge in [0.25, 0.3) is 11.8 Å². The molecule has 2 amide bonds. The zero-order valence-corrected chi connectivity index (χ0v) is 14.1. The molecule has 11 heteroatoms. The molecule has 27 heavy (non-hydrogen) atoms. The molecule has 2 aromatic heterocycles. The van der Waals surface area contributed by atoms with Gasteiger partial charge in [-0.05, 0) is 30.3 Å². The highest BCUT2D eigenvalue weighted by Crippen LogP contribution is 2.34. The number of carbonyl (C=O) groups is 2. The molecular weight excluding hydrogens is 387 g/mol. The molecule has 140 valence electrons. The molecule has 7 nitrogen and oxygen atoms in total. The van der Waals surface area contributed by atoms with Gasteiger partial charge in [-0.15, -0.1) is 0 Å². The number of H-pyrrole nitrogens is 1. The number of carbonyl (C=O) groups excluding carboxylic acids is 2. The van der Waals surface area contributed by atoms with Crippen molar-refractivity contribution in [3.8, 4) is 5.69 Å². The van der Waals surface area contributed by atoms with E-state index < -0.39 is 29.2 Å². The number of hydrogen-bond donors (Lipinski definition) is 3. The lowest BCUT2D eigenvalue weighted by Crippen LogP contribution is -2.42. The third kappa shape index (κ3) is 3.95. The van der Waals surface area contributed by atoms with Crippen LogP contribution in [0.2, 0.25) is 5.02 Å². The maximum Gasteiger partial charge on any atom is 0.434 e. The van der Waals surface area contributed by atoms with Crippen LogP contribution in [0.1, 0.15) is 26.5 Å². The number of halogens is 4. The minimum absolute atomic E-state index is 0.0318. The van der Waals surface area contributed by atoms with Gasteiger partial charge in [-0.3, -0.25) is 20.4 Å². The van der Waals surface area contributed by atoms with Gasteiger partial charge in [-0.25, -0.2) is 4.68 Å². The topological polar surface area (TPSA) is 91.8 Å². The Labute approximate surface area is 155 Å². The Morgan fingerprint density at radius 2 is 1.85 bits per heavy atom. The van der Waals surface area contributed by atoms with E-state index in [0.29, 0.717) is 4.68 Å². The number of amides is 2. The van der Waals surface area contributed by atoms with Crippen LogP contribution >= 0.6 is 11.6 Å². The summed E-state index contributed by atoms with van der Waals surface area (Å²) < 4.78 is 41.2. The lowest BCUT2D eigenvalue weighted by molar-refractivity contribution is -0.143. The fourth-order valence-corrected chi connectivity index (χ4v) is 2.50. The van der Waals surface area contributed by atoms with E-state index >= 15 is 0 Å². The minimum atomic E-state index is -4.88. The minimum Gasteiger partial charge on any atom is -0.357 e. The van der Waals surface area contributed by atoms with E-state index in [-0.39, 0.29) is 16.4 Å². The van der Waals surface area contributed by atoms with E-state index in [1.54, 1.807) is 6.07 Å². The van der Waals surface area contributed by atoms with Crippen molar-refractivity contribution in [2.75, 3.05) is 0 Å². The van der Waals surface area contributed by atoms with Crippen molar-refractivity contribution in [3.63, 3.8) is 0 Å². The van der Waals surface area contributed by atoms with Crippen LogP contribution in [0.5, 0.6) is 0 Å². The van der Waals surface area contributed by atoms with Gasteiger partial charge in [0.15, 0.2) is 5.69 Å². The monoisotopic (exact) mass is 397 g/mol. The number of hydrogen-bond acceptors (Lipinski definition) is 3. The average Bonchev–Trinajstić information content (AvgIpc) is 3.28. The van der Waals surface area contributed by atoms with E-state index in [0.717, 1.165) is 6.20 Å². The van der Waals surface area contributed by atoms with Gasteiger partial charge in [0.2, 0.25) is 0 Å². The molecule has 0 atom stereocenters. The number of alkyl halides is 3. The van der Waals surface area contributed by atoms with Gasteiger partial charge in [0, 0.05) is 11.2 Å². The van der Waals surface area contributed by atoms with Crippen molar-refractivity contribution in [2.24, 2.45) is 0 Å². The molecule has 0 saturated heterocycles. The lowest BCUT2D eigenvalue weighted by Gasteiger charge is -2.13. The first-order valence-corrected chi connectivity index (χ1v) is 7.80. The van der Waals surface area contributed by atoms with Crippen LogP contribution in [0.25, 0.3) is 5.69 Å². The summed E-state index contributed by atoms with van der Waals surface area (Å²) in [5.74, 6) is -1.89. The number of nitrogens with zero attached hydrogens (tertiary/aromatic N) is 2. The molecular formula is C16H11ClF3N5O2. The second kappa shape index (κ2) is 7.16. The quantitative estimate of drug-likeness (QED) is 0.593. The van der Waals surface area contributed by atoms with Gasteiger partial charge in [0.05, 0.1) is 17.4 Å². The summed E-state index contributed by atoms with van der Waals surface area (Å²) in [4.78, 5) is 26.5. The first-order chi connectivity index (χ1) is 12.8. The standard InChI is InChI=1S/C16H11ClF3N5O2/c17-9-3-1-4-10(7-9)25-13(16(18,19)20)11(8-22-25)14(26)23-24-15(27)12-5-2-6-21-12/h1-8,21H,(H,23,26)(H,24,27). The molecule has 0 spiro atoms. The maximum absolute atomic E-state index is 13.5. The third-order valence-electron chi connectivity index (χ3n) is 3.47. The summed E-state index contributed by atoms with van der Waals surface area (Å²) in [7, 11) is 0. The van der Waals surface area contributed by atoms with Crippen molar-refractivity contribution in [2.45, 2.75) is 6.18 Å². The summed E-state index contributed by atoms with van der Waals surface area (Å²) in [5.41, 5.74) is 2.07. The molecule has 3 aromatic rings. The van der Waals surface area contributed by atoms with Crippen LogP contribution in [-0.4, -0.2) is 26.6 Å². The molecule has 0 unspecified atom stereocenters. The Kier molecular flexibility index (Phi) is 4.91. The van der Waals surface area contributed by atoms with Gasteiger partial charge in [-0.1, -0.05) is 17.7 Å². The fraction of sp³-hybridized carbons (Fsp3) is 0.0625. The lowest BCUT2D eigenvalue weighted by atomic mass is 10.2. The average molecular weight is 398 g/mol. The van der Waals surface area contributed by atoms with Crippen molar-refractivity contribution in [1.82, 2.24) is 25.6 Å². The molecule has 0 fully saturated rings. The van der Waals surface area contributed by atoms with E-state index in [1.807, 2.05) is 10.9 Å². The molecule has 0 bridgehead atoms. The van der Waals surface area contributed by atoms with E-state index in [2.05, 4.69) is 10.1 Å². The first-order valence-electron chi connectivity index (χ1n) is 7.42. The molecule has 1 aromatic carbocycles. The Hall–Kier alpha value is -3.27. The molecule has 3 N–H and O–H groups in total.